The first-order valence-corrected chi connectivity index (χ1v) is 9.74. The van der Waals surface area contributed by atoms with E-state index in [2.05, 4.69) is 21.9 Å². The summed E-state index contributed by atoms with van der Waals surface area (Å²) in [6.07, 6.45) is 2.24. The highest BCUT2D eigenvalue weighted by atomic mass is 19.1. The van der Waals surface area contributed by atoms with Crippen molar-refractivity contribution in [3.05, 3.63) is 59.2 Å². The van der Waals surface area contributed by atoms with Gasteiger partial charge in [0.15, 0.2) is 17.4 Å². The van der Waals surface area contributed by atoms with Gasteiger partial charge in [0, 0.05) is 30.9 Å². The van der Waals surface area contributed by atoms with E-state index in [1.54, 1.807) is 19.1 Å². The van der Waals surface area contributed by atoms with Crippen molar-refractivity contribution in [2.24, 2.45) is 5.92 Å². The molecule has 2 atom stereocenters. The number of aromatic nitrogens is 2. The van der Waals surface area contributed by atoms with E-state index in [1.807, 2.05) is 13.8 Å². The van der Waals surface area contributed by atoms with Gasteiger partial charge in [-0.05, 0) is 49.6 Å². The van der Waals surface area contributed by atoms with E-state index in [4.69, 9.17) is 0 Å². The van der Waals surface area contributed by atoms with Gasteiger partial charge < -0.3 is 5.32 Å². The maximum absolute atomic E-state index is 13.1. The molecule has 0 aliphatic heterocycles. The molecule has 1 aromatic carbocycles. The van der Waals surface area contributed by atoms with Crippen LogP contribution in [0.5, 0.6) is 0 Å². The molecule has 156 valence electrons. The van der Waals surface area contributed by atoms with Crippen LogP contribution in [0.1, 0.15) is 42.4 Å². The Morgan fingerprint density at radius 2 is 1.80 bits per heavy atom. The van der Waals surface area contributed by atoms with Crippen molar-refractivity contribution in [2.45, 2.75) is 39.5 Å². The van der Waals surface area contributed by atoms with Gasteiger partial charge in [0.25, 0.3) is 0 Å². The third kappa shape index (κ3) is 4.50. The molecule has 1 fully saturated rings. The van der Waals surface area contributed by atoms with Crippen molar-refractivity contribution in [1.29, 1.82) is 0 Å². The largest absolute Gasteiger partial charge is 0.352 e. The molecule has 2 aromatic rings. The second kappa shape index (κ2) is 8.65. The number of nitrogens with zero attached hydrogens (tertiary/aromatic N) is 2. The quantitative estimate of drug-likeness (QED) is 0.585. The predicted molar refractivity (Wildman–Crippen MR) is 110 cm³/mol. The van der Waals surface area contributed by atoms with Gasteiger partial charge in [0.2, 0.25) is 5.91 Å². The van der Waals surface area contributed by atoms with Crippen LogP contribution in [-0.4, -0.2) is 34.0 Å². The number of hydrogen-bond acceptors (Lipinski definition) is 5. The molecule has 3 rings (SSSR count). The van der Waals surface area contributed by atoms with E-state index in [0.717, 1.165) is 29.1 Å². The molecule has 7 heteroatoms. The van der Waals surface area contributed by atoms with E-state index in [-0.39, 0.29) is 30.3 Å². The minimum atomic E-state index is -0.868. The van der Waals surface area contributed by atoms with Gasteiger partial charge in [0.05, 0.1) is 12.4 Å². The van der Waals surface area contributed by atoms with Gasteiger partial charge in [-0.15, -0.1) is 0 Å². The van der Waals surface area contributed by atoms with E-state index < -0.39 is 17.7 Å². The van der Waals surface area contributed by atoms with E-state index in [0.29, 0.717) is 23.5 Å². The summed E-state index contributed by atoms with van der Waals surface area (Å²) in [5, 5.41) is 2.71. The van der Waals surface area contributed by atoms with Crippen molar-refractivity contribution < 1.29 is 18.8 Å². The summed E-state index contributed by atoms with van der Waals surface area (Å²) in [5.41, 5.74) is 3.68. The third-order valence-corrected chi connectivity index (χ3v) is 5.24. The Morgan fingerprint density at radius 1 is 1.20 bits per heavy atom. The number of benzene rings is 1. The van der Waals surface area contributed by atoms with Crippen molar-refractivity contribution in [3.8, 4) is 11.4 Å². The van der Waals surface area contributed by atoms with Crippen molar-refractivity contribution in [2.75, 3.05) is 6.54 Å². The van der Waals surface area contributed by atoms with E-state index in [9.17, 15) is 18.8 Å². The van der Waals surface area contributed by atoms with Crippen LogP contribution in [0.4, 0.5) is 4.39 Å². The zero-order valence-electron chi connectivity index (χ0n) is 17.3. The van der Waals surface area contributed by atoms with Crippen LogP contribution in [0.3, 0.4) is 0 Å². The summed E-state index contributed by atoms with van der Waals surface area (Å²) in [7, 11) is 0. The lowest BCUT2D eigenvalue weighted by Crippen LogP contribution is -2.28. The Bertz CT molecular complexity index is 1010. The summed E-state index contributed by atoms with van der Waals surface area (Å²) in [6, 6.07) is 3.59. The number of Topliss-reactive ketones (excluding diaryl/α,β-unsaturated/α-hetero) is 2. The molecule has 1 saturated carbocycles. The van der Waals surface area contributed by atoms with Crippen LogP contribution >= 0.6 is 0 Å². The molecular formula is C23H24FN3O3. The fourth-order valence-electron chi connectivity index (χ4n) is 3.90. The Kier molecular flexibility index (Phi) is 6.20. The molecule has 0 radical (unpaired) electrons. The highest BCUT2D eigenvalue weighted by molar-refractivity contribution is 6.15. The van der Waals surface area contributed by atoms with E-state index >= 15 is 0 Å². The summed E-state index contributed by atoms with van der Waals surface area (Å²) < 4.78 is 13.1. The number of hydrogen-bond donors (Lipinski definition) is 1. The maximum Gasteiger partial charge on any atom is 0.220 e. The van der Waals surface area contributed by atoms with Gasteiger partial charge in [-0.3, -0.25) is 14.4 Å². The SMILES string of the molecule is C=C(C)CNC(=O)CC1CC(=O)C(c2c(C)cc(-c3ncc(F)cn3)cc2C)C1=O. The first-order valence-electron chi connectivity index (χ1n) is 9.74. The molecule has 0 saturated heterocycles. The Hall–Kier alpha value is -3.22. The molecule has 1 aliphatic rings. The highest BCUT2D eigenvalue weighted by Gasteiger charge is 2.43. The lowest BCUT2D eigenvalue weighted by atomic mass is 9.86. The number of halogens is 1. The molecule has 1 aromatic heterocycles. The number of aryl methyl sites for hydroxylation is 2. The normalized spacial score (nSPS) is 18.5. The summed E-state index contributed by atoms with van der Waals surface area (Å²) in [6.45, 7) is 9.52. The third-order valence-electron chi connectivity index (χ3n) is 5.24. The van der Waals surface area contributed by atoms with Gasteiger partial charge >= 0.3 is 0 Å². The number of carbonyl (C=O) groups is 3. The highest BCUT2D eigenvalue weighted by Crippen LogP contribution is 2.38. The fourth-order valence-corrected chi connectivity index (χ4v) is 3.90. The molecule has 0 spiro atoms. The van der Waals surface area contributed by atoms with Crippen LogP contribution in [0.15, 0.2) is 36.7 Å². The molecule has 1 N–H and O–H groups in total. The Balaban J connectivity index is 1.83. The second-order valence-corrected chi connectivity index (χ2v) is 7.89. The predicted octanol–water partition coefficient (Wildman–Crippen LogP) is 3.22. The number of ketones is 2. The second-order valence-electron chi connectivity index (χ2n) is 7.89. The standard InChI is InChI=1S/C23H24FN3O3/c1-12(2)9-25-19(29)8-15-7-18(28)21(22(15)30)20-13(3)5-16(6-14(20)4)23-26-10-17(24)11-27-23/h5-6,10-11,15,21H,1,7-9H2,2-4H3,(H,25,29). The van der Waals surface area contributed by atoms with Crippen molar-refractivity contribution in [1.82, 2.24) is 15.3 Å². The molecular weight excluding hydrogens is 385 g/mol. The first-order chi connectivity index (χ1) is 14.2. The minimum absolute atomic E-state index is 0.00600. The lowest BCUT2D eigenvalue weighted by molar-refractivity contribution is -0.128. The summed E-state index contributed by atoms with van der Waals surface area (Å²) in [4.78, 5) is 45.8. The fraction of sp³-hybridized carbons (Fsp3) is 0.348. The Labute approximate surface area is 174 Å². The topological polar surface area (TPSA) is 89.0 Å². The molecule has 6 nitrogen and oxygen atoms in total. The zero-order valence-corrected chi connectivity index (χ0v) is 17.3. The van der Waals surface area contributed by atoms with Crippen LogP contribution in [0.2, 0.25) is 0 Å². The van der Waals surface area contributed by atoms with Gasteiger partial charge in [-0.1, -0.05) is 12.2 Å². The summed E-state index contributed by atoms with van der Waals surface area (Å²) >= 11 is 0. The minimum Gasteiger partial charge on any atom is -0.352 e. The molecule has 0 bridgehead atoms. The lowest BCUT2D eigenvalue weighted by Gasteiger charge is -2.17. The number of amides is 1. The average molecular weight is 409 g/mol. The maximum atomic E-state index is 13.1. The van der Waals surface area contributed by atoms with Crippen LogP contribution in [0.25, 0.3) is 11.4 Å². The van der Waals surface area contributed by atoms with Crippen molar-refractivity contribution in [3.63, 3.8) is 0 Å². The number of carbonyl (C=O) groups excluding carboxylic acids is 3. The number of rotatable bonds is 6. The number of nitrogens with one attached hydrogen (secondary N) is 1. The molecule has 1 amide bonds. The van der Waals surface area contributed by atoms with Gasteiger partial charge in [-0.25, -0.2) is 14.4 Å². The average Bonchev–Trinajstić information content (AvgIpc) is 2.94. The van der Waals surface area contributed by atoms with Crippen LogP contribution in [0, 0.1) is 25.6 Å². The molecule has 2 unspecified atom stereocenters. The molecule has 1 heterocycles. The van der Waals surface area contributed by atoms with Crippen LogP contribution < -0.4 is 5.32 Å². The van der Waals surface area contributed by atoms with Crippen LogP contribution in [-0.2, 0) is 14.4 Å². The van der Waals surface area contributed by atoms with Crippen molar-refractivity contribution >= 4 is 17.5 Å². The monoisotopic (exact) mass is 409 g/mol. The smallest absolute Gasteiger partial charge is 0.220 e. The summed E-state index contributed by atoms with van der Waals surface area (Å²) in [5.74, 6) is -2.30. The Morgan fingerprint density at radius 3 is 2.37 bits per heavy atom. The first kappa shape index (κ1) is 21.5. The van der Waals surface area contributed by atoms with Gasteiger partial charge in [-0.2, -0.15) is 0 Å². The zero-order chi connectivity index (χ0) is 22.0. The van der Waals surface area contributed by atoms with E-state index in [1.165, 1.54) is 0 Å². The van der Waals surface area contributed by atoms with Gasteiger partial charge in [0.1, 0.15) is 11.7 Å². The molecule has 1 aliphatic carbocycles. The molecule has 30 heavy (non-hydrogen) atoms.